The summed E-state index contributed by atoms with van der Waals surface area (Å²) in [6.07, 6.45) is 2.57. The number of aromatic nitrogens is 1. The van der Waals surface area contributed by atoms with E-state index in [0.717, 1.165) is 58.2 Å². The molecule has 7 nitrogen and oxygen atoms in total. The molecule has 3 heterocycles. The van der Waals surface area contributed by atoms with Crippen LogP contribution in [0.25, 0.3) is 0 Å². The molecule has 0 bridgehead atoms. The maximum atomic E-state index is 13.9. The maximum Gasteiger partial charge on any atom is 0.191 e. The molecule has 28 heavy (non-hydrogen) atoms. The van der Waals surface area contributed by atoms with Gasteiger partial charge in [0, 0.05) is 71.1 Å². The van der Waals surface area contributed by atoms with Crippen LogP contribution in [0.2, 0.25) is 0 Å². The van der Waals surface area contributed by atoms with E-state index >= 15 is 0 Å². The second-order valence-electron chi connectivity index (χ2n) is 7.53. The molecule has 2 unspecified atom stereocenters. The Labute approximate surface area is 184 Å². The second kappa shape index (κ2) is 11.1. The minimum Gasteiger partial charge on any atom is -0.355 e. The zero-order valence-electron chi connectivity index (χ0n) is 17.1. The Hall–Kier alpha value is -1.20. The molecule has 2 saturated heterocycles. The van der Waals surface area contributed by atoms with Gasteiger partial charge in [-0.05, 0) is 32.5 Å². The van der Waals surface area contributed by atoms with E-state index in [1.165, 1.54) is 6.07 Å². The number of anilines is 1. The molecule has 0 radical (unpaired) electrons. The van der Waals surface area contributed by atoms with Gasteiger partial charge in [0.2, 0.25) is 0 Å². The van der Waals surface area contributed by atoms with Crippen LogP contribution in [0, 0.1) is 5.82 Å². The summed E-state index contributed by atoms with van der Waals surface area (Å²) < 4.78 is 13.9. The first-order valence-corrected chi connectivity index (χ1v) is 9.82. The minimum absolute atomic E-state index is 0. The van der Waals surface area contributed by atoms with Crippen LogP contribution in [-0.2, 0) is 0 Å². The molecule has 1 aromatic heterocycles. The summed E-state index contributed by atoms with van der Waals surface area (Å²) >= 11 is 0. The molecular formula is C19H33FIN7. The SMILES string of the molecule is CN=C(NCC(C)N1CCN(C)CC1)NC1CCN(c2ncccc2F)C1.I. The number of nitrogens with zero attached hydrogens (tertiary/aromatic N) is 5. The monoisotopic (exact) mass is 505 g/mol. The van der Waals surface area contributed by atoms with Crippen LogP contribution >= 0.6 is 24.0 Å². The van der Waals surface area contributed by atoms with Crippen molar-refractivity contribution in [3.63, 3.8) is 0 Å². The first-order chi connectivity index (χ1) is 13.1. The fourth-order valence-corrected chi connectivity index (χ4v) is 3.70. The lowest BCUT2D eigenvalue weighted by Gasteiger charge is -2.36. The number of aliphatic imine (C=N–C) groups is 1. The Morgan fingerprint density at radius 3 is 2.75 bits per heavy atom. The van der Waals surface area contributed by atoms with Gasteiger partial charge in [-0.3, -0.25) is 9.89 Å². The van der Waals surface area contributed by atoms with Gasteiger partial charge in [0.15, 0.2) is 17.6 Å². The molecule has 2 N–H and O–H groups in total. The van der Waals surface area contributed by atoms with Gasteiger partial charge in [0.05, 0.1) is 0 Å². The van der Waals surface area contributed by atoms with Gasteiger partial charge >= 0.3 is 0 Å². The van der Waals surface area contributed by atoms with Crippen molar-refractivity contribution in [2.75, 3.05) is 64.8 Å². The summed E-state index contributed by atoms with van der Waals surface area (Å²) in [5, 5.41) is 6.92. The van der Waals surface area contributed by atoms with Gasteiger partial charge in [0.1, 0.15) is 0 Å². The Morgan fingerprint density at radius 2 is 2.07 bits per heavy atom. The molecule has 2 aliphatic heterocycles. The highest BCUT2D eigenvalue weighted by Crippen LogP contribution is 2.20. The molecule has 0 saturated carbocycles. The van der Waals surface area contributed by atoms with Gasteiger partial charge in [0.25, 0.3) is 0 Å². The lowest BCUT2D eigenvalue weighted by Crippen LogP contribution is -2.53. The molecule has 0 aromatic carbocycles. The third kappa shape index (κ3) is 6.15. The molecule has 2 fully saturated rings. The molecule has 0 aliphatic carbocycles. The Kier molecular flexibility index (Phi) is 9.16. The summed E-state index contributed by atoms with van der Waals surface area (Å²) in [4.78, 5) is 15.4. The zero-order chi connectivity index (χ0) is 19.2. The minimum atomic E-state index is -0.262. The van der Waals surface area contributed by atoms with Crippen LogP contribution < -0.4 is 15.5 Å². The quantitative estimate of drug-likeness (QED) is 0.357. The topological polar surface area (TPSA) is 59.0 Å². The Bertz CT molecular complexity index is 636. The predicted octanol–water partition coefficient (Wildman–Crippen LogP) is 1.22. The Balaban J connectivity index is 0.00000280. The Morgan fingerprint density at radius 1 is 1.32 bits per heavy atom. The maximum absolute atomic E-state index is 13.9. The molecule has 158 valence electrons. The van der Waals surface area contributed by atoms with E-state index in [4.69, 9.17) is 0 Å². The van der Waals surface area contributed by atoms with Gasteiger partial charge in [-0.1, -0.05) is 0 Å². The van der Waals surface area contributed by atoms with E-state index in [0.29, 0.717) is 11.9 Å². The highest BCUT2D eigenvalue weighted by molar-refractivity contribution is 14.0. The molecule has 3 rings (SSSR count). The number of rotatable bonds is 5. The standard InChI is InChI=1S/C19H32FN7.HI/c1-15(26-11-9-25(3)10-12-26)13-23-19(21-2)24-16-6-8-27(14-16)18-17(20)5-4-7-22-18;/h4-5,7,15-16H,6,8-14H2,1-3H3,(H2,21,23,24);1H. The third-order valence-electron chi connectivity index (χ3n) is 5.52. The molecule has 2 aliphatic rings. The molecule has 0 spiro atoms. The number of pyridine rings is 1. The van der Waals surface area contributed by atoms with E-state index in [-0.39, 0.29) is 35.8 Å². The predicted molar refractivity (Wildman–Crippen MR) is 123 cm³/mol. The fourth-order valence-electron chi connectivity index (χ4n) is 3.70. The summed E-state index contributed by atoms with van der Waals surface area (Å²) in [6.45, 7) is 9.10. The second-order valence-corrected chi connectivity index (χ2v) is 7.53. The van der Waals surface area contributed by atoms with Crippen LogP contribution in [0.15, 0.2) is 23.3 Å². The van der Waals surface area contributed by atoms with E-state index < -0.39 is 0 Å². The van der Waals surface area contributed by atoms with Crippen molar-refractivity contribution >= 4 is 35.8 Å². The van der Waals surface area contributed by atoms with Crippen molar-refractivity contribution in [1.29, 1.82) is 0 Å². The highest BCUT2D eigenvalue weighted by atomic mass is 127. The third-order valence-corrected chi connectivity index (χ3v) is 5.52. The normalized spacial score (nSPS) is 22.6. The fraction of sp³-hybridized carbons (Fsp3) is 0.684. The van der Waals surface area contributed by atoms with Crippen molar-refractivity contribution in [1.82, 2.24) is 25.4 Å². The van der Waals surface area contributed by atoms with Gasteiger partial charge in [-0.25, -0.2) is 9.37 Å². The number of likely N-dealkylation sites (N-methyl/N-ethyl adjacent to an activating group) is 1. The summed E-state index contributed by atoms with van der Waals surface area (Å²) in [6, 6.07) is 3.78. The highest BCUT2D eigenvalue weighted by Gasteiger charge is 2.26. The smallest absolute Gasteiger partial charge is 0.191 e. The summed E-state index contributed by atoms with van der Waals surface area (Å²) in [5.41, 5.74) is 0. The average molecular weight is 505 g/mol. The lowest BCUT2D eigenvalue weighted by atomic mass is 10.2. The van der Waals surface area contributed by atoms with Crippen LogP contribution in [-0.4, -0.2) is 92.7 Å². The van der Waals surface area contributed by atoms with Gasteiger partial charge < -0.3 is 20.4 Å². The van der Waals surface area contributed by atoms with Crippen molar-refractivity contribution in [2.24, 2.45) is 4.99 Å². The van der Waals surface area contributed by atoms with E-state index in [1.807, 2.05) is 4.90 Å². The lowest BCUT2D eigenvalue weighted by molar-refractivity contribution is 0.120. The number of hydrogen-bond acceptors (Lipinski definition) is 5. The van der Waals surface area contributed by atoms with Crippen LogP contribution in [0.1, 0.15) is 13.3 Å². The van der Waals surface area contributed by atoms with Crippen molar-refractivity contribution in [3.05, 3.63) is 24.1 Å². The summed E-state index contributed by atoms with van der Waals surface area (Å²) in [5.74, 6) is 0.986. The van der Waals surface area contributed by atoms with Crippen LogP contribution in [0.4, 0.5) is 10.2 Å². The number of piperazine rings is 1. The largest absolute Gasteiger partial charge is 0.355 e. The van der Waals surface area contributed by atoms with Crippen LogP contribution in [0.3, 0.4) is 0 Å². The molecule has 9 heteroatoms. The average Bonchev–Trinajstić information content (AvgIpc) is 3.14. The van der Waals surface area contributed by atoms with Crippen molar-refractivity contribution in [2.45, 2.75) is 25.4 Å². The molecule has 1 aromatic rings. The molecule has 0 amide bonds. The van der Waals surface area contributed by atoms with Crippen LogP contribution in [0.5, 0.6) is 0 Å². The first kappa shape index (κ1) is 23.1. The number of hydrogen-bond donors (Lipinski definition) is 2. The first-order valence-electron chi connectivity index (χ1n) is 9.82. The van der Waals surface area contributed by atoms with E-state index in [1.54, 1.807) is 19.3 Å². The van der Waals surface area contributed by atoms with E-state index in [9.17, 15) is 4.39 Å². The van der Waals surface area contributed by atoms with Gasteiger partial charge in [-0.15, -0.1) is 24.0 Å². The number of guanidine groups is 1. The van der Waals surface area contributed by atoms with Crippen molar-refractivity contribution in [3.8, 4) is 0 Å². The number of halogens is 2. The number of nitrogens with one attached hydrogen (secondary N) is 2. The van der Waals surface area contributed by atoms with Gasteiger partial charge in [-0.2, -0.15) is 0 Å². The molecular weight excluding hydrogens is 472 g/mol. The van der Waals surface area contributed by atoms with E-state index in [2.05, 4.69) is 44.4 Å². The zero-order valence-corrected chi connectivity index (χ0v) is 19.4. The molecule has 2 atom stereocenters. The summed E-state index contributed by atoms with van der Waals surface area (Å²) in [7, 11) is 3.97. The van der Waals surface area contributed by atoms with Crippen molar-refractivity contribution < 1.29 is 4.39 Å².